The number of hydrogen-bond acceptors (Lipinski definition) is 3. The molecule has 1 aromatic heterocycles. The zero-order valence-electron chi connectivity index (χ0n) is 15.2. The van der Waals surface area contributed by atoms with Crippen molar-refractivity contribution in [3.63, 3.8) is 0 Å². The lowest BCUT2D eigenvalue weighted by molar-refractivity contribution is 0.793. The van der Waals surface area contributed by atoms with Gasteiger partial charge in [0.15, 0.2) is 5.96 Å². The van der Waals surface area contributed by atoms with Gasteiger partial charge in [0.25, 0.3) is 0 Å². The second-order valence-corrected chi connectivity index (χ2v) is 6.88. The van der Waals surface area contributed by atoms with E-state index in [4.69, 9.17) is 11.6 Å². The summed E-state index contributed by atoms with van der Waals surface area (Å²) in [6.07, 6.45) is 5.33. The highest BCUT2D eigenvalue weighted by molar-refractivity contribution is 6.30. The second-order valence-electron chi connectivity index (χ2n) is 6.45. The van der Waals surface area contributed by atoms with Gasteiger partial charge in [-0.2, -0.15) is 0 Å². The summed E-state index contributed by atoms with van der Waals surface area (Å²) in [6.45, 7) is 3.76. The van der Waals surface area contributed by atoms with E-state index in [1.807, 2.05) is 24.4 Å². The summed E-state index contributed by atoms with van der Waals surface area (Å²) < 4.78 is 0. The fourth-order valence-electron chi connectivity index (χ4n) is 3.07. The summed E-state index contributed by atoms with van der Waals surface area (Å²) >= 11 is 5.92. The summed E-state index contributed by atoms with van der Waals surface area (Å²) in [6, 6.07) is 12.2. The molecule has 0 aliphatic carbocycles. The lowest BCUT2D eigenvalue weighted by Gasteiger charge is -2.17. The van der Waals surface area contributed by atoms with Crippen molar-refractivity contribution < 1.29 is 0 Å². The smallest absolute Gasteiger partial charge is 0.191 e. The topological polar surface area (TPSA) is 52.6 Å². The molecule has 6 heteroatoms. The molecular weight excluding hydrogens is 346 g/mol. The van der Waals surface area contributed by atoms with Gasteiger partial charge < -0.3 is 15.5 Å². The second kappa shape index (κ2) is 9.43. The van der Waals surface area contributed by atoms with Gasteiger partial charge in [-0.25, -0.2) is 4.98 Å². The highest BCUT2D eigenvalue weighted by atomic mass is 35.5. The first-order valence-electron chi connectivity index (χ1n) is 9.13. The van der Waals surface area contributed by atoms with Gasteiger partial charge >= 0.3 is 0 Å². The van der Waals surface area contributed by atoms with Crippen LogP contribution in [0.15, 0.2) is 47.6 Å². The summed E-state index contributed by atoms with van der Waals surface area (Å²) in [5, 5.41) is 7.49. The van der Waals surface area contributed by atoms with Gasteiger partial charge in [0, 0.05) is 44.4 Å². The summed E-state index contributed by atoms with van der Waals surface area (Å²) in [7, 11) is 1.79. The van der Waals surface area contributed by atoms with Gasteiger partial charge in [-0.05, 0) is 54.7 Å². The van der Waals surface area contributed by atoms with E-state index < -0.39 is 0 Å². The van der Waals surface area contributed by atoms with Crippen molar-refractivity contribution in [1.29, 1.82) is 0 Å². The first-order chi connectivity index (χ1) is 12.7. The molecule has 3 rings (SSSR count). The summed E-state index contributed by atoms with van der Waals surface area (Å²) in [4.78, 5) is 11.1. The molecule has 0 amide bonds. The van der Waals surface area contributed by atoms with E-state index >= 15 is 0 Å². The van der Waals surface area contributed by atoms with Crippen molar-refractivity contribution in [1.82, 2.24) is 15.6 Å². The summed E-state index contributed by atoms with van der Waals surface area (Å²) in [5.74, 6) is 1.88. The molecule has 1 saturated heterocycles. The first-order valence-corrected chi connectivity index (χ1v) is 9.51. The molecule has 2 N–H and O–H groups in total. The fourth-order valence-corrected chi connectivity index (χ4v) is 3.20. The van der Waals surface area contributed by atoms with Crippen LogP contribution in [0.5, 0.6) is 0 Å². The number of rotatable bonds is 6. The predicted octanol–water partition coefficient (Wildman–Crippen LogP) is 3.24. The van der Waals surface area contributed by atoms with Crippen molar-refractivity contribution >= 4 is 23.4 Å². The number of benzene rings is 1. The van der Waals surface area contributed by atoms with Crippen LogP contribution in [0.25, 0.3) is 0 Å². The maximum absolute atomic E-state index is 5.92. The molecule has 5 nitrogen and oxygen atoms in total. The quantitative estimate of drug-likeness (QED) is 0.604. The largest absolute Gasteiger partial charge is 0.357 e. The molecular formula is C20H26ClN5. The molecule has 1 fully saturated rings. The van der Waals surface area contributed by atoms with E-state index in [0.29, 0.717) is 0 Å². The molecule has 1 aromatic carbocycles. The maximum atomic E-state index is 5.92. The van der Waals surface area contributed by atoms with Crippen molar-refractivity contribution in [3.05, 3.63) is 58.7 Å². The van der Waals surface area contributed by atoms with Gasteiger partial charge in [0.1, 0.15) is 5.82 Å². The Morgan fingerprint density at radius 2 is 1.88 bits per heavy atom. The van der Waals surface area contributed by atoms with E-state index in [2.05, 4.69) is 43.7 Å². The van der Waals surface area contributed by atoms with Crippen LogP contribution < -0.4 is 15.5 Å². The van der Waals surface area contributed by atoms with E-state index in [0.717, 1.165) is 49.4 Å². The van der Waals surface area contributed by atoms with Gasteiger partial charge in [-0.3, -0.25) is 4.99 Å². The molecule has 0 spiro atoms. The number of anilines is 1. The van der Waals surface area contributed by atoms with E-state index in [9.17, 15) is 0 Å². The molecule has 0 radical (unpaired) electrons. The van der Waals surface area contributed by atoms with Crippen LogP contribution >= 0.6 is 11.6 Å². The Hall–Kier alpha value is -2.27. The SMILES string of the molecule is CN=C(NCCc1ccc(Cl)cc1)NCc1ccnc(N2CCCC2)c1. The van der Waals surface area contributed by atoms with Crippen LogP contribution in [0, 0.1) is 0 Å². The Kier molecular flexibility index (Phi) is 6.72. The average molecular weight is 372 g/mol. The summed E-state index contributed by atoms with van der Waals surface area (Å²) in [5.41, 5.74) is 2.46. The molecule has 0 bridgehead atoms. The van der Waals surface area contributed by atoms with Crippen LogP contribution in [0.3, 0.4) is 0 Å². The number of guanidine groups is 1. The molecule has 0 atom stereocenters. The molecule has 1 aliphatic rings. The van der Waals surface area contributed by atoms with Gasteiger partial charge in [-0.1, -0.05) is 23.7 Å². The number of aromatic nitrogens is 1. The minimum Gasteiger partial charge on any atom is -0.357 e. The number of hydrogen-bond donors (Lipinski definition) is 2. The van der Waals surface area contributed by atoms with E-state index in [1.165, 1.54) is 24.0 Å². The first kappa shape index (κ1) is 18.5. The molecule has 2 aromatic rings. The van der Waals surface area contributed by atoms with Gasteiger partial charge in [-0.15, -0.1) is 0 Å². The number of aliphatic imine (C=N–C) groups is 1. The lowest BCUT2D eigenvalue weighted by atomic mass is 10.1. The molecule has 0 unspecified atom stereocenters. The van der Waals surface area contributed by atoms with Crippen molar-refractivity contribution in [2.24, 2.45) is 4.99 Å². The molecule has 2 heterocycles. The highest BCUT2D eigenvalue weighted by Crippen LogP contribution is 2.18. The zero-order valence-corrected chi connectivity index (χ0v) is 16.0. The van der Waals surface area contributed by atoms with Crippen LogP contribution in [0.2, 0.25) is 5.02 Å². The molecule has 1 aliphatic heterocycles. The Labute approximate surface area is 160 Å². The van der Waals surface area contributed by atoms with Crippen molar-refractivity contribution in [2.75, 3.05) is 31.6 Å². The monoisotopic (exact) mass is 371 g/mol. The minimum absolute atomic E-state index is 0.726. The Morgan fingerprint density at radius 1 is 1.12 bits per heavy atom. The predicted molar refractivity (Wildman–Crippen MR) is 109 cm³/mol. The lowest BCUT2D eigenvalue weighted by Crippen LogP contribution is -2.37. The third kappa shape index (κ3) is 5.36. The Balaban J connectivity index is 1.46. The molecule has 26 heavy (non-hydrogen) atoms. The third-order valence-corrected chi connectivity index (χ3v) is 4.79. The fraction of sp³-hybridized carbons (Fsp3) is 0.400. The minimum atomic E-state index is 0.726. The van der Waals surface area contributed by atoms with Crippen LogP contribution in [0.1, 0.15) is 24.0 Å². The zero-order chi connectivity index (χ0) is 18.2. The van der Waals surface area contributed by atoms with E-state index in [1.54, 1.807) is 7.05 Å². The van der Waals surface area contributed by atoms with Gasteiger partial charge in [0.2, 0.25) is 0 Å². The van der Waals surface area contributed by atoms with Gasteiger partial charge in [0.05, 0.1) is 0 Å². The maximum Gasteiger partial charge on any atom is 0.191 e. The molecule has 0 saturated carbocycles. The van der Waals surface area contributed by atoms with E-state index in [-0.39, 0.29) is 0 Å². The van der Waals surface area contributed by atoms with Crippen LogP contribution in [-0.2, 0) is 13.0 Å². The van der Waals surface area contributed by atoms with Crippen molar-refractivity contribution in [3.8, 4) is 0 Å². The third-order valence-electron chi connectivity index (χ3n) is 4.54. The average Bonchev–Trinajstić information content (AvgIpc) is 3.21. The number of pyridine rings is 1. The van der Waals surface area contributed by atoms with Crippen LogP contribution in [-0.4, -0.2) is 37.6 Å². The Morgan fingerprint density at radius 3 is 2.62 bits per heavy atom. The normalized spacial score (nSPS) is 14.5. The number of halogens is 1. The number of nitrogens with one attached hydrogen (secondary N) is 2. The number of nitrogens with zero attached hydrogens (tertiary/aromatic N) is 3. The van der Waals surface area contributed by atoms with Crippen molar-refractivity contribution in [2.45, 2.75) is 25.8 Å². The Bertz CT molecular complexity index is 723. The molecule has 138 valence electrons. The van der Waals surface area contributed by atoms with Crippen LogP contribution in [0.4, 0.5) is 5.82 Å². The highest BCUT2D eigenvalue weighted by Gasteiger charge is 2.13. The standard InChI is InChI=1S/C20H26ClN5/c1-22-20(24-11-8-16-4-6-18(21)7-5-16)25-15-17-9-10-23-19(14-17)26-12-2-3-13-26/h4-7,9-10,14H,2-3,8,11-13,15H2,1H3,(H2,22,24,25).